The molecule has 0 aromatic carbocycles. The van der Waals surface area contributed by atoms with Gasteiger partial charge in [-0.1, -0.05) is 0 Å². The Morgan fingerprint density at radius 3 is 2.67 bits per heavy atom. The number of aliphatic hydroxyl groups excluding tert-OH is 1. The van der Waals surface area contributed by atoms with Gasteiger partial charge in [0, 0.05) is 19.7 Å². The molecule has 3 nitrogen and oxygen atoms in total. The Kier molecular flexibility index (Phi) is 5.21. The number of carbonyl (C=O) groups excluding carboxylic acids is 1. The van der Waals surface area contributed by atoms with E-state index < -0.39 is 0 Å². The van der Waals surface area contributed by atoms with E-state index in [1.165, 1.54) is 4.90 Å². The third-order valence-electron chi connectivity index (χ3n) is 1.10. The molecule has 0 rings (SSSR count). The highest BCUT2D eigenvalue weighted by molar-refractivity contribution is 5.47. The molecule has 0 saturated carbocycles. The van der Waals surface area contributed by atoms with Crippen molar-refractivity contribution in [1.82, 2.24) is 4.90 Å². The van der Waals surface area contributed by atoms with Crippen molar-refractivity contribution in [3.63, 3.8) is 0 Å². The molecule has 0 heterocycles. The normalized spacial score (nSPS) is 9.11. The van der Waals surface area contributed by atoms with E-state index in [2.05, 4.69) is 0 Å². The lowest BCUT2D eigenvalue weighted by Gasteiger charge is -2.10. The first-order valence-electron chi connectivity index (χ1n) is 3.08. The summed E-state index contributed by atoms with van der Waals surface area (Å²) in [6.07, 6.45) is 2.40. The summed E-state index contributed by atoms with van der Waals surface area (Å²) < 4.78 is 0. The van der Waals surface area contributed by atoms with E-state index >= 15 is 0 Å². The maximum Gasteiger partial charge on any atom is 0.312 e. The van der Waals surface area contributed by atoms with Gasteiger partial charge in [0.1, 0.15) is 0 Å². The van der Waals surface area contributed by atoms with Gasteiger partial charge >= 0.3 is 6.41 Å². The molecule has 0 aliphatic carbocycles. The van der Waals surface area contributed by atoms with Gasteiger partial charge in [-0.3, -0.25) is 4.79 Å². The Labute approximate surface area is 55.3 Å². The molecule has 0 aromatic heterocycles. The second kappa shape index (κ2) is 5.56. The number of rotatable bonds is 5. The summed E-state index contributed by atoms with van der Waals surface area (Å²) in [5, 5.41) is 8.35. The highest BCUT2D eigenvalue weighted by Gasteiger charge is 1.95. The average molecular weight is 130 g/mol. The van der Waals surface area contributed by atoms with E-state index in [4.69, 9.17) is 5.11 Å². The van der Waals surface area contributed by atoms with Crippen LogP contribution in [0.1, 0.15) is 13.3 Å². The van der Waals surface area contributed by atoms with Gasteiger partial charge in [-0.15, -0.1) is 0 Å². The molecule has 0 spiro atoms. The van der Waals surface area contributed by atoms with Crippen LogP contribution in [0.5, 0.6) is 0 Å². The quantitative estimate of drug-likeness (QED) is 0.522. The summed E-state index contributed by atoms with van der Waals surface area (Å²) in [4.78, 5) is 11.5. The highest BCUT2D eigenvalue weighted by Crippen LogP contribution is 1.84. The van der Waals surface area contributed by atoms with Crippen LogP contribution in [0.2, 0.25) is 0 Å². The van der Waals surface area contributed by atoms with Gasteiger partial charge in [0.2, 0.25) is 0 Å². The molecule has 53 valence electrons. The molecule has 0 atom stereocenters. The molecule has 0 fully saturated rings. The third-order valence-corrected chi connectivity index (χ3v) is 1.10. The second-order valence-corrected chi connectivity index (χ2v) is 1.75. The minimum absolute atomic E-state index is 0.137. The Bertz CT molecular complexity index is 75.5. The third kappa shape index (κ3) is 3.97. The van der Waals surface area contributed by atoms with Gasteiger partial charge in [0.05, 0.1) is 0 Å². The molecule has 0 unspecified atom stereocenters. The maximum absolute atomic E-state index is 9.96. The molecule has 0 aliphatic rings. The predicted octanol–water partition coefficient (Wildman–Crippen LogP) is -0.242. The SMILES string of the molecule is CCN([C]=O)CCCO. The maximum atomic E-state index is 9.96. The van der Waals surface area contributed by atoms with E-state index in [9.17, 15) is 4.79 Å². The van der Waals surface area contributed by atoms with Crippen molar-refractivity contribution in [2.75, 3.05) is 19.7 Å². The first kappa shape index (κ1) is 8.43. The minimum Gasteiger partial charge on any atom is -0.396 e. The number of aliphatic hydroxyl groups is 1. The van der Waals surface area contributed by atoms with E-state index in [1.54, 1.807) is 6.41 Å². The van der Waals surface area contributed by atoms with Crippen LogP contribution in [0.25, 0.3) is 0 Å². The monoisotopic (exact) mass is 130 g/mol. The van der Waals surface area contributed by atoms with Gasteiger partial charge < -0.3 is 10.0 Å². The van der Waals surface area contributed by atoms with Gasteiger partial charge in [-0.05, 0) is 13.3 Å². The Morgan fingerprint density at radius 2 is 2.33 bits per heavy atom. The Hall–Kier alpha value is -0.570. The fourth-order valence-electron chi connectivity index (χ4n) is 0.530. The van der Waals surface area contributed by atoms with Crippen LogP contribution in [0, 0.1) is 0 Å². The van der Waals surface area contributed by atoms with Crippen molar-refractivity contribution in [2.24, 2.45) is 0 Å². The molecule has 1 radical (unpaired) electrons. The topological polar surface area (TPSA) is 40.5 Å². The van der Waals surface area contributed by atoms with Crippen molar-refractivity contribution in [2.45, 2.75) is 13.3 Å². The summed E-state index contributed by atoms with van der Waals surface area (Å²) in [5.41, 5.74) is 0. The fraction of sp³-hybridized carbons (Fsp3) is 0.833. The molecule has 0 aromatic rings. The zero-order chi connectivity index (χ0) is 7.11. The first-order chi connectivity index (χ1) is 4.35. The van der Waals surface area contributed by atoms with E-state index in [0.29, 0.717) is 19.5 Å². The van der Waals surface area contributed by atoms with Crippen LogP contribution in [-0.2, 0) is 4.79 Å². The molecule has 1 N–H and O–H groups in total. The standard InChI is InChI=1S/C6H12NO2/c1-2-7(6-9)4-3-5-8/h8H,2-5H2,1H3. The van der Waals surface area contributed by atoms with Gasteiger partial charge in [0.25, 0.3) is 0 Å². The predicted molar refractivity (Wildman–Crippen MR) is 34.6 cm³/mol. The largest absolute Gasteiger partial charge is 0.396 e. The van der Waals surface area contributed by atoms with E-state index in [0.717, 1.165) is 0 Å². The average Bonchev–Trinajstić information content (AvgIpc) is 1.91. The van der Waals surface area contributed by atoms with Crippen molar-refractivity contribution >= 4 is 6.41 Å². The van der Waals surface area contributed by atoms with Gasteiger partial charge in [-0.2, -0.15) is 0 Å². The highest BCUT2D eigenvalue weighted by atomic mass is 16.3. The first-order valence-corrected chi connectivity index (χ1v) is 3.08. The summed E-state index contributed by atoms with van der Waals surface area (Å²) in [7, 11) is 0. The van der Waals surface area contributed by atoms with Crippen LogP contribution in [-0.4, -0.2) is 36.1 Å². The number of nitrogens with zero attached hydrogens (tertiary/aromatic N) is 1. The molecule has 1 amide bonds. The van der Waals surface area contributed by atoms with Crippen LogP contribution in [0.15, 0.2) is 0 Å². The van der Waals surface area contributed by atoms with Crippen LogP contribution >= 0.6 is 0 Å². The summed E-state index contributed by atoms with van der Waals surface area (Å²) in [5.74, 6) is 0. The smallest absolute Gasteiger partial charge is 0.312 e. The zero-order valence-electron chi connectivity index (χ0n) is 5.63. The lowest BCUT2D eigenvalue weighted by atomic mass is 10.4. The summed E-state index contributed by atoms with van der Waals surface area (Å²) in [6.45, 7) is 3.29. The molecular formula is C6H12NO2. The van der Waals surface area contributed by atoms with Crippen LogP contribution in [0.3, 0.4) is 0 Å². The molecular weight excluding hydrogens is 118 g/mol. The van der Waals surface area contributed by atoms with Gasteiger partial charge in [0.15, 0.2) is 0 Å². The number of hydrogen-bond acceptors (Lipinski definition) is 2. The van der Waals surface area contributed by atoms with Crippen molar-refractivity contribution < 1.29 is 9.90 Å². The molecule has 0 bridgehead atoms. The minimum atomic E-state index is 0.137. The van der Waals surface area contributed by atoms with Crippen molar-refractivity contribution in [3.8, 4) is 0 Å². The molecule has 9 heavy (non-hydrogen) atoms. The van der Waals surface area contributed by atoms with E-state index in [1.807, 2.05) is 6.92 Å². The Morgan fingerprint density at radius 1 is 1.67 bits per heavy atom. The zero-order valence-corrected chi connectivity index (χ0v) is 5.63. The second-order valence-electron chi connectivity index (χ2n) is 1.75. The summed E-state index contributed by atoms with van der Waals surface area (Å²) >= 11 is 0. The summed E-state index contributed by atoms with van der Waals surface area (Å²) in [6, 6.07) is 0. The lowest BCUT2D eigenvalue weighted by molar-refractivity contribution is 0.266. The van der Waals surface area contributed by atoms with Crippen molar-refractivity contribution in [3.05, 3.63) is 0 Å². The fourth-order valence-corrected chi connectivity index (χ4v) is 0.530. The molecule has 0 aliphatic heterocycles. The van der Waals surface area contributed by atoms with Gasteiger partial charge in [-0.25, -0.2) is 0 Å². The lowest BCUT2D eigenvalue weighted by Crippen LogP contribution is -2.22. The number of hydrogen-bond donors (Lipinski definition) is 1. The molecule has 0 saturated heterocycles. The van der Waals surface area contributed by atoms with Crippen LogP contribution in [0.4, 0.5) is 0 Å². The Balaban J connectivity index is 3.20. The number of amides is 1. The van der Waals surface area contributed by atoms with E-state index in [-0.39, 0.29) is 6.61 Å². The molecule has 3 heteroatoms. The van der Waals surface area contributed by atoms with Crippen LogP contribution < -0.4 is 0 Å². The van der Waals surface area contributed by atoms with Crippen molar-refractivity contribution in [1.29, 1.82) is 0 Å².